The Labute approximate surface area is 131 Å². The van der Waals surface area contributed by atoms with E-state index in [1.54, 1.807) is 0 Å². The van der Waals surface area contributed by atoms with Gasteiger partial charge in [-0.15, -0.1) is 18.3 Å². The number of aromatic amines is 1. The average molecular weight is 346 g/mol. The molecule has 0 saturated heterocycles. The van der Waals surface area contributed by atoms with E-state index in [9.17, 15) is 28.1 Å². The molecule has 0 saturated carbocycles. The molecule has 0 bridgehead atoms. The number of ether oxygens (including phenoxy) is 2. The molecule has 12 heteroatoms. The third-order valence-electron chi connectivity index (χ3n) is 2.67. The van der Waals surface area contributed by atoms with E-state index in [0.29, 0.717) is 0 Å². The van der Waals surface area contributed by atoms with Gasteiger partial charge >= 0.3 is 12.3 Å². The summed E-state index contributed by atoms with van der Waals surface area (Å²) in [7, 11) is 0. The Morgan fingerprint density at radius 3 is 2.67 bits per heavy atom. The number of hydrogen-bond acceptors (Lipinski definition) is 7. The van der Waals surface area contributed by atoms with Gasteiger partial charge in [0.25, 0.3) is 5.69 Å². The smallest absolute Gasteiger partial charge is 0.461 e. The second kappa shape index (κ2) is 6.52. The highest BCUT2D eigenvalue weighted by atomic mass is 19.4. The van der Waals surface area contributed by atoms with E-state index in [0.717, 1.165) is 18.2 Å². The van der Waals surface area contributed by atoms with Gasteiger partial charge in [0.1, 0.15) is 11.4 Å². The molecule has 0 aliphatic heterocycles. The van der Waals surface area contributed by atoms with Gasteiger partial charge in [0.2, 0.25) is 0 Å². The lowest BCUT2D eigenvalue weighted by atomic mass is 10.1. The number of carbonyl (C=O) groups is 1. The molecule has 0 atom stereocenters. The number of nitrogens with zero attached hydrogens (tertiary/aromatic N) is 3. The summed E-state index contributed by atoms with van der Waals surface area (Å²) in [4.78, 5) is 22.0. The molecular weight excluding hydrogens is 337 g/mol. The summed E-state index contributed by atoms with van der Waals surface area (Å²) in [5.41, 5.74) is -1.68. The van der Waals surface area contributed by atoms with Crippen molar-refractivity contribution in [2.75, 3.05) is 6.61 Å². The summed E-state index contributed by atoms with van der Waals surface area (Å²) in [5, 5.41) is 20.3. The van der Waals surface area contributed by atoms with Crippen LogP contribution in [0, 0.1) is 10.1 Å². The van der Waals surface area contributed by atoms with Crippen molar-refractivity contribution in [1.82, 2.24) is 15.4 Å². The maximum Gasteiger partial charge on any atom is 0.573 e. The molecule has 0 amide bonds. The Morgan fingerprint density at radius 2 is 2.08 bits per heavy atom. The molecule has 1 heterocycles. The number of aromatic nitrogens is 3. The summed E-state index contributed by atoms with van der Waals surface area (Å²) < 4.78 is 45.4. The zero-order chi connectivity index (χ0) is 17.9. The van der Waals surface area contributed by atoms with Crippen molar-refractivity contribution in [3.8, 4) is 17.0 Å². The number of alkyl halides is 3. The minimum atomic E-state index is -4.98. The summed E-state index contributed by atoms with van der Waals surface area (Å²) in [6, 6.07) is 2.32. The van der Waals surface area contributed by atoms with E-state index in [1.807, 2.05) is 0 Å². The quantitative estimate of drug-likeness (QED) is 0.501. The average Bonchev–Trinajstić information content (AvgIpc) is 2.94. The number of hydrogen-bond donors (Lipinski definition) is 1. The first-order valence-corrected chi connectivity index (χ1v) is 6.35. The van der Waals surface area contributed by atoms with Crippen LogP contribution in [0.15, 0.2) is 18.2 Å². The third kappa shape index (κ3) is 3.77. The molecule has 0 aliphatic carbocycles. The van der Waals surface area contributed by atoms with Gasteiger partial charge < -0.3 is 9.47 Å². The van der Waals surface area contributed by atoms with Gasteiger partial charge in [-0.2, -0.15) is 10.3 Å². The summed E-state index contributed by atoms with van der Waals surface area (Å²) in [6.07, 6.45) is -4.98. The molecule has 24 heavy (non-hydrogen) atoms. The molecule has 2 aromatic rings. The van der Waals surface area contributed by atoms with Gasteiger partial charge in [-0.25, -0.2) is 4.79 Å². The van der Waals surface area contributed by atoms with Gasteiger partial charge in [0, 0.05) is 6.07 Å². The van der Waals surface area contributed by atoms with Crippen LogP contribution < -0.4 is 4.74 Å². The van der Waals surface area contributed by atoms with Gasteiger partial charge in [-0.05, 0) is 19.1 Å². The topological polar surface area (TPSA) is 120 Å². The normalized spacial score (nSPS) is 11.2. The van der Waals surface area contributed by atoms with Crippen LogP contribution in [0.4, 0.5) is 18.9 Å². The first kappa shape index (κ1) is 17.2. The Bertz CT molecular complexity index is 774. The van der Waals surface area contributed by atoms with Crippen molar-refractivity contribution in [3.05, 3.63) is 34.0 Å². The monoisotopic (exact) mass is 346 g/mol. The molecule has 1 aromatic carbocycles. The number of halogens is 3. The first-order valence-electron chi connectivity index (χ1n) is 6.35. The maximum atomic E-state index is 12.3. The lowest BCUT2D eigenvalue weighted by Crippen LogP contribution is -2.17. The molecule has 0 fully saturated rings. The molecular formula is C12H9F3N4O5. The van der Waals surface area contributed by atoms with E-state index in [2.05, 4.69) is 20.1 Å². The molecule has 0 spiro atoms. The van der Waals surface area contributed by atoms with Crippen LogP contribution >= 0.6 is 0 Å². The van der Waals surface area contributed by atoms with Gasteiger partial charge in [0.15, 0.2) is 5.69 Å². The number of nitro benzene ring substituents is 1. The predicted molar refractivity (Wildman–Crippen MR) is 71.1 cm³/mol. The maximum absolute atomic E-state index is 12.3. The molecule has 0 aliphatic rings. The van der Waals surface area contributed by atoms with E-state index < -0.39 is 34.4 Å². The van der Waals surface area contributed by atoms with Crippen LogP contribution in [0.25, 0.3) is 11.3 Å². The standard InChI is InChI=1S/C12H9F3N4O5/c1-2-23-11(20)10-9(16-18-17-10)7-5-6(24-12(13,14)15)3-4-8(7)19(21)22/h3-5H,2H2,1H3,(H,16,17,18). The highest BCUT2D eigenvalue weighted by Gasteiger charge is 2.33. The van der Waals surface area contributed by atoms with E-state index >= 15 is 0 Å². The fraction of sp³-hybridized carbons (Fsp3) is 0.250. The van der Waals surface area contributed by atoms with Gasteiger partial charge in [-0.1, -0.05) is 0 Å². The Kier molecular flexibility index (Phi) is 4.66. The van der Waals surface area contributed by atoms with Crippen molar-refractivity contribution < 1.29 is 32.4 Å². The second-order valence-electron chi connectivity index (χ2n) is 4.23. The van der Waals surface area contributed by atoms with Gasteiger partial charge in [0.05, 0.1) is 17.1 Å². The van der Waals surface area contributed by atoms with Crippen molar-refractivity contribution >= 4 is 11.7 Å². The largest absolute Gasteiger partial charge is 0.573 e. The number of H-pyrrole nitrogens is 1. The number of rotatable bonds is 5. The fourth-order valence-corrected chi connectivity index (χ4v) is 1.82. The number of nitro groups is 1. The lowest BCUT2D eigenvalue weighted by molar-refractivity contribution is -0.384. The van der Waals surface area contributed by atoms with Crippen molar-refractivity contribution in [3.63, 3.8) is 0 Å². The molecule has 0 unspecified atom stereocenters. The predicted octanol–water partition coefficient (Wildman–Crippen LogP) is 2.46. The second-order valence-corrected chi connectivity index (χ2v) is 4.23. The third-order valence-corrected chi connectivity index (χ3v) is 2.67. The zero-order valence-electron chi connectivity index (χ0n) is 12.0. The highest BCUT2D eigenvalue weighted by molar-refractivity contribution is 5.95. The molecule has 9 nitrogen and oxygen atoms in total. The number of nitrogens with one attached hydrogen (secondary N) is 1. The van der Waals surface area contributed by atoms with Crippen LogP contribution in [-0.2, 0) is 4.74 Å². The Morgan fingerprint density at radius 1 is 1.38 bits per heavy atom. The minimum absolute atomic E-state index is 0.00442. The summed E-state index contributed by atoms with van der Waals surface area (Å²) in [5.74, 6) is -1.64. The minimum Gasteiger partial charge on any atom is -0.461 e. The summed E-state index contributed by atoms with van der Waals surface area (Å²) >= 11 is 0. The number of benzene rings is 1. The van der Waals surface area contributed by atoms with Crippen LogP contribution in [0.3, 0.4) is 0 Å². The van der Waals surface area contributed by atoms with E-state index in [1.165, 1.54) is 6.92 Å². The van der Waals surface area contributed by atoms with Crippen LogP contribution in [0.5, 0.6) is 5.75 Å². The van der Waals surface area contributed by atoms with Crippen molar-refractivity contribution in [2.45, 2.75) is 13.3 Å². The molecule has 1 N–H and O–H groups in total. The fourth-order valence-electron chi connectivity index (χ4n) is 1.82. The lowest BCUT2D eigenvalue weighted by Gasteiger charge is -2.10. The summed E-state index contributed by atoms with van der Waals surface area (Å²) in [6.45, 7) is 1.53. The van der Waals surface area contributed by atoms with Crippen molar-refractivity contribution in [2.24, 2.45) is 0 Å². The van der Waals surface area contributed by atoms with Crippen molar-refractivity contribution in [1.29, 1.82) is 0 Å². The first-order chi connectivity index (χ1) is 11.2. The van der Waals surface area contributed by atoms with E-state index in [-0.39, 0.29) is 17.9 Å². The molecule has 0 radical (unpaired) electrons. The van der Waals surface area contributed by atoms with Crippen LogP contribution in [0.1, 0.15) is 17.4 Å². The number of esters is 1. The molecule has 128 valence electrons. The SMILES string of the molecule is CCOC(=O)c1n[nH]nc1-c1cc(OC(F)(F)F)ccc1[N+](=O)[O-]. The van der Waals surface area contributed by atoms with Crippen LogP contribution in [0.2, 0.25) is 0 Å². The Hall–Kier alpha value is -3.18. The van der Waals surface area contributed by atoms with E-state index in [4.69, 9.17) is 4.74 Å². The molecule has 2 rings (SSSR count). The molecule has 1 aromatic heterocycles. The van der Waals surface area contributed by atoms with Gasteiger partial charge in [-0.3, -0.25) is 10.1 Å². The number of carbonyl (C=O) groups excluding carboxylic acids is 1. The Balaban J connectivity index is 2.55. The zero-order valence-corrected chi connectivity index (χ0v) is 12.0. The van der Waals surface area contributed by atoms with Crippen LogP contribution in [-0.4, -0.2) is 39.3 Å². The highest BCUT2D eigenvalue weighted by Crippen LogP contribution is 2.35.